The number of hydrogen-bond acceptors (Lipinski definition) is 4. The molecule has 1 saturated heterocycles. The van der Waals surface area contributed by atoms with E-state index in [9.17, 15) is 4.39 Å². The topological polar surface area (TPSA) is 37.4 Å². The highest BCUT2D eigenvalue weighted by molar-refractivity contribution is 5.44. The van der Waals surface area contributed by atoms with Crippen molar-refractivity contribution in [1.29, 1.82) is 0 Å². The van der Waals surface area contributed by atoms with Gasteiger partial charge in [-0.05, 0) is 39.8 Å². The van der Waals surface area contributed by atoms with Crippen molar-refractivity contribution < 1.29 is 9.13 Å². The van der Waals surface area contributed by atoms with Crippen molar-refractivity contribution >= 4 is 5.82 Å². The third kappa shape index (κ3) is 4.14. The second-order valence-electron chi connectivity index (χ2n) is 6.35. The molecule has 1 aliphatic heterocycles. The summed E-state index contributed by atoms with van der Waals surface area (Å²) in [5.41, 5.74) is 0.382. The number of morpholine rings is 1. The molecule has 5 heteroatoms. The number of ether oxygens (including phenoxy) is 1. The highest BCUT2D eigenvalue weighted by atomic mass is 19.1. The molecule has 0 radical (unpaired) electrons. The molecule has 0 spiro atoms. The Morgan fingerprint density at radius 3 is 2.95 bits per heavy atom. The number of halogens is 1. The van der Waals surface area contributed by atoms with Crippen LogP contribution < -0.4 is 10.2 Å². The molecular weight excluding hydrogens is 269 g/mol. The Kier molecular flexibility index (Phi) is 5.17. The van der Waals surface area contributed by atoms with E-state index in [1.54, 1.807) is 12.3 Å². The normalized spacial score (nSPS) is 21.6. The predicted octanol–water partition coefficient (Wildman–Crippen LogP) is 2.72. The summed E-state index contributed by atoms with van der Waals surface area (Å²) < 4.78 is 20.5. The summed E-state index contributed by atoms with van der Waals surface area (Å²) in [5, 5.41) is 3.24. The lowest BCUT2D eigenvalue weighted by Gasteiger charge is -2.42. The van der Waals surface area contributed by atoms with Gasteiger partial charge in [0.1, 0.15) is 0 Å². The Morgan fingerprint density at radius 1 is 1.52 bits per heavy atom. The summed E-state index contributed by atoms with van der Waals surface area (Å²) in [4.78, 5) is 6.25. The maximum Gasteiger partial charge on any atom is 0.170 e. The SMILES string of the molecule is CCCNCc1ccnc(N2CC(C)OC(C)(C)C2)c1F. The van der Waals surface area contributed by atoms with Gasteiger partial charge < -0.3 is 15.0 Å². The van der Waals surface area contributed by atoms with E-state index >= 15 is 0 Å². The molecule has 2 rings (SSSR count). The minimum absolute atomic E-state index is 0.0665. The van der Waals surface area contributed by atoms with Gasteiger partial charge in [-0.1, -0.05) is 6.92 Å². The molecule has 1 aromatic heterocycles. The van der Waals surface area contributed by atoms with Gasteiger partial charge in [0, 0.05) is 31.4 Å². The monoisotopic (exact) mass is 295 g/mol. The molecule has 1 fully saturated rings. The van der Waals surface area contributed by atoms with Gasteiger partial charge in [-0.15, -0.1) is 0 Å². The summed E-state index contributed by atoms with van der Waals surface area (Å²) in [7, 11) is 0. The molecule has 1 aromatic rings. The van der Waals surface area contributed by atoms with Crippen LogP contribution in [0.25, 0.3) is 0 Å². The molecule has 21 heavy (non-hydrogen) atoms. The zero-order valence-corrected chi connectivity index (χ0v) is 13.4. The van der Waals surface area contributed by atoms with E-state index in [1.165, 1.54) is 0 Å². The Balaban J connectivity index is 2.17. The first-order chi connectivity index (χ1) is 9.93. The van der Waals surface area contributed by atoms with Gasteiger partial charge in [-0.3, -0.25) is 0 Å². The Bertz CT molecular complexity index is 479. The van der Waals surface area contributed by atoms with Crippen molar-refractivity contribution in [2.45, 2.75) is 52.4 Å². The van der Waals surface area contributed by atoms with Gasteiger partial charge in [-0.25, -0.2) is 9.37 Å². The highest BCUT2D eigenvalue weighted by Gasteiger charge is 2.33. The zero-order chi connectivity index (χ0) is 15.5. The molecule has 1 atom stereocenters. The molecular formula is C16H26FN3O. The number of anilines is 1. The summed E-state index contributed by atoms with van der Waals surface area (Å²) >= 11 is 0. The summed E-state index contributed by atoms with van der Waals surface area (Å²) in [6.07, 6.45) is 2.79. The number of aromatic nitrogens is 1. The highest BCUT2D eigenvalue weighted by Crippen LogP contribution is 2.27. The number of nitrogens with one attached hydrogen (secondary N) is 1. The van der Waals surface area contributed by atoms with Crippen LogP contribution in [0.2, 0.25) is 0 Å². The maximum absolute atomic E-state index is 14.7. The van der Waals surface area contributed by atoms with Crippen LogP contribution in [-0.4, -0.2) is 36.3 Å². The summed E-state index contributed by atoms with van der Waals surface area (Å²) in [6, 6.07) is 1.75. The molecule has 0 bridgehead atoms. The van der Waals surface area contributed by atoms with Gasteiger partial charge in [0.05, 0.1) is 11.7 Å². The molecule has 2 heterocycles. The lowest BCUT2D eigenvalue weighted by atomic mass is 10.1. The van der Waals surface area contributed by atoms with E-state index in [4.69, 9.17) is 4.74 Å². The Labute approximate surface area is 126 Å². The fourth-order valence-electron chi connectivity index (χ4n) is 2.84. The fraction of sp³-hybridized carbons (Fsp3) is 0.688. The second-order valence-corrected chi connectivity index (χ2v) is 6.35. The Hall–Kier alpha value is -1.20. The summed E-state index contributed by atoms with van der Waals surface area (Å²) in [5.74, 6) is 0.222. The van der Waals surface area contributed by atoms with Crippen LogP contribution in [0.15, 0.2) is 12.3 Å². The molecule has 0 saturated carbocycles. The third-order valence-electron chi connectivity index (χ3n) is 3.56. The van der Waals surface area contributed by atoms with Gasteiger partial charge in [-0.2, -0.15) is 0 Å². The van der Waals surface area contributed by atoms with Gasteiger partial charge in [0.2, 0.25) is 0 Å². The average Bonchev–Trinajstić information content (AvgIpc) is 2.38. The van der Waals surface area contributed by atoms with Crippen LogP contribution in [-0.2, 0) is 11.3 Å². The van der Waals surface area contributed by atoms with Crippen LogP contribution in [0, 0.1) is 5.82 Å². The fourth-order valence-corrected chi connectivity index (χ4v) is 2.84. The molecule has 0 amide bonds. The Morgan fingerprint density at radius 2 is 2.29 bits per heavy atom. The lowest BCUT2D eigenvalue weighted by molar-refractivity contribution is -0.0753. The van der Waals surface area contributed by atoms with Crippen LogP contribution >= 0.6 is 0 Å². The van der Waals surface area contributed by atoms with Crippen molar-refractivity contribution in [2.24, 2.45) is 0 Å². The molecule has 0 aromatic carbocycles. The quantitative estimate of drug-likeness (QED) is 0.848. The van der Waals surface area contributed by atoms with Crippen LogP contribution in [0.4, 0.5) is 10.2 Å². The van der Waals surface area contributed by atoms with Gasteiger partial charge in [0.15, 0.2) is 11.6 Å². The first kappa shape index (κ1) is 16.2. The number of pyridine rings is 1. The smallest absolute Gasteiger partial charge is 0.170 e. The molecule has 118 valence electrons. The van der Waals surface area contributed by atoms with Crippen LogP contribution in [0.1, 0.15) is 39.7 Å². The van der Waals surface area contributed by atoms with Gasteiger partial charge >= 0.3 is 0 Å². The van der Waals surface area contributed by atoms with E-state index in [-0.39, 0.29) is 17.5 Å². The van der Waals surface area contributed by atoms with Crippen molar-refractivity contribution in [3.05, 3.63) is 23.6 Å². The second kappa shape index (κ2) is 6.71. The minimum Gasteiger partial charge on any atom is -0.369 e. The minimum atomic E-state index is -0.289. The first-order valence-electron chi connectivity index (χ1n) is 7.70. The molecule has 1 N–H and O–H groups in total. The predicted molar refractivity (Wildman–Crippen MR) is 83.0 cm³/mol. The third-order valence-corrected chi connectivity index (χ3v) is 3.56. The van der Waals surface area contributed by atoms with Crippen LogP contribution in [0.5, 0.6) is 0 Å². The first-order valence-corrected chi connectivity index (χ1v) is 7.70. The maximum atomic E-state index is 14.7. The number of rotatable bonds is 5. The van der Waals surface area contributed by atoms with Crippen molar-refractivity contribution in [1.82, 2.24) is 10.3 Å². The van der Waals surface area contributed by atoms with E-state index in [0.29, 0.717) is 31.0 Å². The van der Waals surface area contributed by atoms with Crippen molar-refractivity contribution in [3.63, 3.8) is 0 Å². The van der Waals surface area contributed by atoms with E-state index in [1.807, 2.05) is 25.7 Å². The lowest BCUT2D eigenvalue weighted by Crippen LogP contribution is -2.52. The standard InChI is InChI=1S/C16H26FN3O/c1-5-7-18-9-13-6-8-19-15(14(13)17)20-10-12(2)21-16(3,4)11-20/h6,8,12,18H,5,7,9-11H2,1-4H3. The molecule has 1 unspecified atom stereocenters. The largest absolute Gasteiger partial charge is 0.369 e. The average molecular weight is 295 g/mol. The number of nitrogens with zero attached hydrogens (tertiary/aromatic N) is 2. The molecule has 0 aliphatic carbocycles. The summed E-state index contributed by atoms with van der Waals surface area (Å²) in [6.45, 7) is 10.9. The van der Waals surface area contributed by atoms with Crippen molar-refractivity contribution in [2.75, 3.05) is 24.5 Å². The molecule has 4 nitrogen and oxygen atoms in total. The molecule has 1 aliphatic rings. The van der Waals surface area contributed by atoms with E-state index in [2.05, 4.69) is 17.2 Å². The van der Waals surface area contributed by atoms with Gasteiger partial charge in [0.25, 0.3) is 0 Å². The zero-order valence-electron chi connectivity index (χ0n) is 13.4. The van der Waals surface area contributed by atoms with E-state index < -0.39 is 0 Å². The van der Waals surface area contributed by atoms with Crippen molar-refractivity contribution in [3.8, 4) is 0 Å². The number of hydrogen-bond donors (Lipinski definition) is 1. The van der Waals surface area contributed by atoms with E-state index in [0.717, 1.165) is 13.0 Å². The van der Waals surface area contributed by atoms with Crippen LogP contribution in [0.3, 0.4) is 0 Å².